The first-order chi connectivity index (χ1) is 13.9. The van der Waals surface area contributed by atoms with Crippen molar-refractivity contribution >= 4 is 34.9 Å². The van der Waals surface area contributed by atoms with Crippen LogP contribution in [0.5, 0.6) is 5.75 Å². The number of aromatic nitrogens is 1. The molecule has 2 heterocycles. The minimum absolute atomic E-state index is 0.0454. The van der Waals surface area contributed by atoms with Crippen LogP contribution in [0.1, 0.15) is 22.9 Å². The molecule has 7 nitrogen and oxygen atoms in total. The number of rotatable bonds is 3. The van der Waals surface area contributed by atoms with Crippen LogP contribution in [-0.2, 0) is 9.59 Å². The lowest BCUT2D eigenvalue weighted by Gasteiger charge is -2.22. The van der Waals surface area contributed by atoms with Gasteiger partial charge in [0.05, 0.1) is 11.6 Å². The number of aliphatic hydroxyl groups is 1. The van der Waals surface area contributed by atoms with Gasteiger partial charge in [-0.3, -0.25) is 14.5 Å². The average Bonchev–Trinajstić information content (AvgIpc) is 3.23. The lowest BCUT2D eigenvalue weighted by molar-refractivity contribution is -0.132. The number of carbonyl (C=O) groups excluding carboxylic acids is 2. The standard InChI is InChI=1S/C21H15ClN2O5/c1-11-9-16(23-29-11)24-18(13-3-2-4-15(25)10-13)17(20(27)21(24)28)19(26)12-5-7-14(22)8-6-12/h2-10,18,25-26H,1H3/t18-/m1/s1. The van der Waals surface area contributed by atoms with E-state index < -0.39 is 17.7 Å². The number of Topliss-reactive ketones (excluding diaryl/α,β-unsaturated/α-hetero) is 1. The van der Waals surface area contributed by atoms with Gasteiger partial charge in [0.15, 0.2) is 5.82 Å². The zero-order valence-corrected chi connectivity index (χ0v) is 15.9. The van der Waals surface area contributed by atoms with Crippen molar-refractivity contribution in [3.63, 3.8) is 0 Å². The molecule has 1 fully saturated rings. The van der Waals surface area contributed by atoms with Crippen LogP contribution in [0, 0.1) is 6.92 Å². The van der Waals surface area contributed by atoms with Crippen molar-refractivity contribution in [3.05, 3.63) is 82.1 Å². The summed E-state index contributed by atoms with van der Waals surface area (Å²) >= 11 is 5.90. The molecule has 146 valence electrons. The Labute approximate surface area is 170 Å². The maximum absolute atomic E-state index is 12.9. The summed E-state index contributed by atoms with van der Waals surface area (Å²) < 4.78 is 5.06. The summed E-state index contributed by atoms with van der Waals surface area (Å²) in [5.41, 5.74) is 0.637. The second-order valence-electron chi connectivity index (χ2n) is 6.57. The highest BCUT2D eigenvalue weighted by Gasteiger charge is 2.48. The van der Waals surface area contributed by atoms with Crippen LogP contribution in [0.15, 0.2) is 64.7 Å². The van der Waals surface area contributed by atoms with E-state index in [9.17, 15) is 19.8 Å². The third-order valence-electron chi connectivity index (χ3n) is 4.61. The Balaban J connectivity index is 1.95. The van der Waals surface area contributed by atoms with E-state index in [-0.39, 0.29) is 22.9 Å². The van der Waals surface area contributed by atoms with E-state index in [1.54, 1.807) is 43.3 Å². The number of anilines is 1. The van der Waals surface area contributed by atoms with Gasteiger partial charge in [-0.1, -0.05) is 28.9 Å². The average molecular weight is 411 g/mol. The number of amides is 1. The maximum atomic E-state index is 12.9. The number of phenols is 1. The van der Waals surface area contributed by atoms with Crippen molar-refractivity contribution in [3.8, 4) is 5.75 Å². The Morgan fingerprint density at radius 1 is 1.14 bits per heavy atom. The van der Waals surface area contributed by atoms with Crippen molar-refractivity contribution < 1.29 is 24.3 Å². The molecule has 3 aromatic rings. The molecule has 0 saturated carbocycles. The Kier molecular flexibility index (Phi) is 4.60. The van der Waals surface area contributed by atoms with Gasteiger partial charge in [-0.15, -0.1) is 0 Å². The quantitative estimate of drug-likeness (QED) is 0.384. The van der Waals surface area contributed by atoms with Gasteiger partial charge in [0.2, 0.25) is 0 Å². The summed E-state index contributed by atoms with van der Waals surface area (Å²) in [7, 11) is 0. The molecule has 1 aromatic heterocycles. The lowest BCUT2D eigenvalue weighted by Crippen LogP contribution is -2.29. The van der Waals surface area contributed by atoms with E-state index in [2.05, 4.69) is 5.16 Å². The van der Waals surface area contributed by atoms with Crippen LogP contribution >= 0.6 is 11.6 Å². The van der Waals surface area contributed by atoms with E-state index >= 15 is 0 Å². The molecule has 0 spiro atoms. The van der Waals surface area contributed by atoms with Crippen LogP contribution in [0.3, 0.4) is 0 Å². The summed E-state index contributed by atoms with van der Waals surface area (Å²) in [6.45, 7) is 1.66. The van der Waals surface area contributed by atoms with Gasteiger partial charge in [0.25, 0.3) is 5.78 Å². The van der Waals surface area contributed by atoms with Crippen molar-refractivity contribution in [2.45, 2.75) is 13.0 Å². The number of aromatic hydroxyl groups is 1. The molecule has 0 unspecified atom stereocenters. The Morgan fingerprint density at radius 2 is 1.86 bits per heavy atom. The minimum Gasteiger partial charge on any atom is -0.508 e. The number of phenolic OH excluding ortho intramolecular Hbond substituents is 1. The molecule has 4 rings (SSSR count). The first-order valence-corrected chi connectivity index (χ1v) is 9.04. The SMILES string of the molecule is Cc1cc(N2C(=O)C(=O)C(=C(O)c3ccc(Cl)cc3)[C@H]2c2cccc(O)c2)no1. The fourth-order valence-electron chi connectivity index (χ4n) is 3.31. The van der Waals surface area contributed by atoms with Crippen LogP contribution in [0.2, 0.25) is 5.02 Å². The first kappa shape index (κ1) is 18.8. The molecule has 1 saturated heterocycles. The number of aliphatic hydroxyl groups excluding tert-OH is 1. The molecule has 29 heavy (non-hydrogen) atoms. The first-order valence-electron chi connectivity index (χ1n) is 8.66. The number of hydrogen-bond donors (Lipinski definition) is 2. The number of aryl methyl sites for hydroxylation is 1. The highest BCUT2D eigenvalue weighted by molar-refractivity contribution is 6.51. The Bertz CT molecular complexity index is 1150. The second-order valence-corrected chi connectivity index (χ2v) is 7.00. The number of ketones is 1. The molecule has 8 heteroatoms. The number of nitrogens with zero attached hydrogens (tertiary/aromatic N) is 2. The smallest absolute Gasteiger partial charge is 0.301 e. The van der Waals surface area contributed by atoms with Gasteiger partial charge in [-0.05, 0) is 48.9 Å². The second kappa shape index (κ2) is 7.10. The number of halogens is 1. The van der Waals surface area contributed by atoms with Crippen molar-refractivity contribution in [1.29, 1.82) is 0 Å². The normalized spacial score (nSPS) is 18.4. The lowest BCUT2D eigenvalue weighted by atomic mass is 9.95. The van der Waals surface area contributed by atoms with E-state index in [1.807, 2.05) is 0 Å². The third-order valence-corrected chi connectivity index (χ3v) is 4.86. The van der Waals surface area contributed by atoms with Crippen molar-refractivity contribution in [2.24, 2.45) is 0 Å². The van der Waals surface area contributed by atoms with Gasteiger partial charge in [-0.2, -0.15) is 0 Å². The molecule has 1 aliphatic heterocycles. The van der Waals surface area contributed by atoms with E-state index in [1.165, 1.54) is 18.2 Å². The Hall–Kier alpha value is -3.58. The molecule has 2 N–H and O–H groups in total. The molecule has 0 aliphatic carbocycles. The Morgan fingerprint density at radius 3 is 2.48 bits per heavy atom. The molecular weight excluding hydrogens is 396 g/mol. The number of hydrogen-bond acceptors (Lipinski definition) is 6. The molecular formula is C21H15ClN2O5. The highest BCUT2D eigenvalue weighted by atomic mass is 35.5. The largest absolute Gasteiger partial charge is 0.508 e. The van der Waals surface area contributed by atoms with Gasteiger partial charge in [0.1, 0.15) is 17.3 Å². The van der Waals surface area contributed by atoms with Gasteiger partial charge >= 0.3 is 5.91 Å². The number of carbonyl (C=O) groups is 2. The van der Waals surface area contributed by atoms with Crippen LogP contribution in [0.4, 0.5) is 5.82 Å². The van der Waals surface area contributed by atoms with Crippen LogP contribution < -0.4 is 4.90 Å². The zero-order chi connectivity index (χ0) is 20.7. The van der Waals surface area contributed by atoms with Crippen LogP contribution in [-0.4, -0.2) is 27.1 Å². The predicted molar refractivity (Wildman–Crippen MR) is 106 cm³/mol. The summed E-state index contributed by atoms with van der Waals surface area (Å²) in [6, 6.07) is 12.9. The van der Waals surface area contributed by atoms with Gasteiger partial charge in [0, 0.05) is 16.7 Å². The minimum atomic E-state index is -0.998. The van der Waals surface area contributed by atoms with E-state index in [0.29, 0.717) is 21.9 Å². The fraction of sp³-hybridized carbons (Fsp3) is 0.0952. The van der Waals surface area contributed by atoms with Crippen molar-refractivity contribution in [2.75, 3.05) is 4.90 Å². The number of benzene rings is 2. The van der Waals surface area contributed by atoms with E-state index in [0.717, 1.165) is 4.90 Å². The monoisotopic (exact) mass is 410 g/mol. The zero-order valence-electron chi connectivity index (χ0n) is 15.2. The molecule has 1 atom stereocenters. The van der Waals surface area contributed by atoms with Crippen molar-refractivity contribution in [1.82, 2.24) is 5.16 Å². The van der Waals surface area contributed by atoms with Gasteiger partial charge < -0.3 is 14.7 Å². The molecule has 2 aromatic carbocycles. The molecule has 1 aliphatic rings. The maximum Gasteiger partial charge on any atom is 0.301 e. The summed E-state index contributed by atoms with van der Waals surface area (Å²) in [4.78, 5) is 26.9. The molecule has 0 radical (unpaired) electrons. The predicted octanol–water partition coefficient (Wildman–Crippen LogP) is 3.97. The summed E-state index contributed by atoms with van der Waals surface area (Å²) in [5, 5.41) is 25.1. The third kappa shape index (κ3) is 3.25. The fourth-order valence-corrected chi connectivity index (χ4v) is 3.44. The topological polar surface area (TPSA) is 104 Å². The van der Waals surface area contributed by atoms with E-state index in [4.69, 9.17) is 16.1 Å². The summed E-state index contributed by atoms with van der Waals surface area (Å²) in [5.74, 6) is -1.54. The highest BCUT2D eigenvalue weighted by Crippen LogP contribution is 2.42. The molecule has 1 amide bonds. The summed E-state index contributed by atoms with van der Waals surface area (Å²) in [6.07, 6.45) is 0. The molecule has 0 bridgehead atoms. The van der Waals surface area contributed by atoms with Crippen LogP contribution in [0.25, 0.3) is 5.76 Å². The van der Waals surface area contributed by atoms with Gasteiger partial charge in [-0.25, -0.2) is 0 Å².